The summed E-state index contributed by atoms with van der Waals surface area (Å²) < 4.78 is 15.4. The Hall–Kier alpha value is -3.81. The van der Waals surface area contributed by atoms with Crippen LogP contribution >= 0.6 is 0 Å². The Morgan fingerprint density at radius 2 is 1.93 bits per heavy atom. The number of rotatable bonds is 6. The van der Waals surface area contributed by atoms with Gasteiger partial charge in [-0.15, -0.1) is 0 Å². The molecule has 2 aromatic carbocycles. The molecule has 0 saturated carbocycles. The van der Waals surface area contributed by atoms with Gasteiger partial charge in [-0.05, 0) is 48.0 Å². The molecule has 0 radical (unpaired) electrons. The molecule has 0 atom stereocenters. The predicted octanol–water partition coefficient (Wildman–Crippen LogP) is 3.35. The Labute approximate surface area is 161 Å². The highest BCUT2D eigenvalue weighted by atomic mass is 16.7. The number of hydrogen-bond acceptors (Lipinski definition) is 8. The van der Waals surface area contributed by atoms with Crippen LogP contribution < -0.4 is 20.1 Å². The van der Waals surface area contributed by atoms with Crippen LogP contribution in [0, 0.1) is 0 Å². The average molecular weight is 378 g/mol. The van der Waals surface area contributed by atoms with Crippen molar-refractivity contribution in [1.29, 1.82) is 0 Å². The van der Waals surface area contributed by atoms with Crippen LogP contribution in [-0.4, -0.2) is 29.8 Å². The van der Waals surface area contributed by atoms with Crippen LogP contribution in [0.5, 0.6) is 11.5 Å². The third kappa shape index (κ3) is 3.96. The Kier molecular flexibility index (Phi) is 4.92. The molecule has 0 fully saturated rings. The Bertz CT molecular complexity index is 992. The first-order valence-corrected chi connectivity index (χ1v) is 8.62. The van der Waals surface area contributed by atoms with Crippen molar-refractivity contribution in [1.82, 2.24) is 9.97 Å². The van der Waals surface area contributed by atoms with Crippen LogP contribution in [0.3, 0.4) is 0 Å². The lowest BCUT2D eigenvalue weighted by atomic mass is 10.2. The lowest BCUT2D eigenvalue weighted by Gasteiger charge is -2.09. The molecule has 4 rings (SSSR count). The third-order valence-corrected chi connectivity index (χ3v) is 4.13. The van der Waals surface area contributed by atoms with E-state index in [4.69, 9.17) is 14.2 Å². The molecule has 0 unspecified atom stereocenters. The second-order valence-electron chi connectivity index (χ2n) is 6.00. The fraction of sp³-hybridized carbons (Fsp3) is 0.150. The summed E-state index contributed by atoms with van der Waals surface area (Å²) in [6.45, 7) is 0.842. The van der Waals surface area contributed by atoms with Crippen molar-refractivity contribution >= 4 is 23.4 Å². The first-order chi connectivity index (χ1) is 13.7. The van der Waals surface area contributed by atoms with E-state index in [-0.39, 0.29) is 12.8 Å². The minimum absolute atomic E-state index is 0.258. The number of carbonyl (C=O) groups excluding carboxylic acids is 1. The van der Waals surface area contributed by atoms with Gasteiger partial charge in [-0.25, -0.2) is 9.78 Å². The normalized spacial score (nSPS) is 11.8. The van der Waals surface area contributed by atoms with E-state index < -0.39 is 0 Å². The second kappa shape index (κ2) is 7.83. The maximum absolute atomic E-state index is 11.5. The number of anilines is 3. The molecule has 8 heteroatoms. The zero-order chi connectivity index (χ0) is 19.3. The fourth-order valence-corrected chi connectivity index (χ4v) is 2.70. The van der Waals surface area contributed by atoms with E-state index in [1.54, 1.807) is 36.5 Å². The van der Waals surface area contributed by atoms with Gasteiger partial charge in [0.1, 0.15) is 5.82 Å². The van der Waals surface area contributed by atoms with E-state index in [1.165, 1.54) is 7.11 Å². The van der Waals surface area contributed by atoms with Crippen LogP contribution in [0.1, 0.15) is 15.9 Å². The van der Waals surface area contributed by atoms with Crippen molar-refractivity contribution in [3.05, 3.63) is 65.9 Å². The molecule has 0 saturated heterocycles. The van der Waals surface area contributed by atoms with E-state index in [9.17, 15) is 4.79 Å². The second-order valence-corrected chi connectivity index (χ2v) is 6.00. The molecular formula is C20H18N4O4. The lowest BCUT2D eigenvalue weighted by Crippen LogP contribution is -2.04. The van der Waals surface area contributed by atoms with Crippen LogP contribution in [0.4, 0.5) is 17.5 Å². The molecule has 0 amide bonds. The van der Waals surface area contributed by atoms with Gasteiger partial charge >= 0.3 is 5.97 Å². The quantitative estimate of drug-likeness (QED) is 0.631. The Balaban J connectivity index is 1.39. The van der Waals surface area contributed by atoms with Gasteiger partial charge < -0.3 is 24.8 Å². The summed E-state index contributed by atoms with van der Waals surface area (Å²) >= 11 is 0. The molecule has 8 nitrogen and oxygen atoms in total. The van der Waals surface area contributed by atoms with Crippen molar-refractivity contribution in [2.24, 2.45) is 0 Å². The number of fused-ring (bicyclic) bond motifs is 1. The number of hydrogen-bond donors (Lipinski definition) is 2. The van der Waals surface area contributed by atoms with E-state index in [2.05, 4.69) is 20.6 Å². The molecular weight excluding hydrogens is 360 g/mol. The van der Waals surface area contributed by atoms with Gasteiger partial charge in [-0.2, -0.15) is 4.98 Å². The van der Waals surface area contributed by atoms with Gasteiger partial charge in [0.25, 0.3) is 0 Å². The third-order valence-electron chi connectivity index (χ3n) is 4.13. The molecule has 1 aromatic heterocycles. The van der Waals surface area contributed by atoms with E-state index in [0.717, 1.165) is 22.7 Å². The van der Waals surface area contributed by atoms with Crippen molar-refractivity contribution in [3.63, 3.8) is 0 Å². The van der Waals surface area contributed by atoms with Crippen LogP contribution in [0.2, 0.25) is 0 Å². The van der Waals surface area contributed by atoms with Crippen LogP contribution in [0.25, 0.3) is 0 Å². The monoisotopic (exact) mass is 378 g/mol. The Morgan fingerprint density at radius 3 is 2.75 bits per heavy atom. The molecule has 0 aliphatic carbocycles. The Morgan fingerprint density at radius 1 is 1.11 bits per heavy atom. The van der Waals surface area contributed by atoms with Crippen LogP contribution in [-0.2, 0) is 11.3 Å². The van der Waals surface area contributed by atoms with Gasteiger partial charge in [0.05, 0.1) is 12.7 Å². The van der Waals surface area contributed by atoms with Gasteiger partial charge in [0, 0.05) is 18.4 Å². The average Bonchev–Trinajstić information content (AvgIpc) is 3.20. The molecule has 2 N–H and O–H groups in total. The summed E-state index contributed by atoms with van der Waals surface area (Å²) in [5.74, 6) is 2.26. The van der Waals surface area contributed by atoms with E-state index >= 15 is 0 Å². The van der Waals surface area contributed by atoms with Crippen molar-refractivity contribution in [2.75, 3.05) is 24.5 Å². The number of ether oxygens (including phenoxy) is 3. The minimum atomic E-state index is -0.377. The summed E-state index contributed by atoms with van der Waals surface area (Å²) in [6.07, 6.45) is 1.67. The highest BCUT2D eigenvalue weighted by molar-refractivity contribution is 5.89. The molecule has 3 aromatic rings. The summed E-state index contributed by atoms with van der Waals surface area (Å²) in [5, 5.41) is 6.37. The first kappa shape index (κ1) is 17.6. The number of nitrogens with one attached hydrogen (secondary N) is 2. The largest absolute Gasteiger partial charge is 0.465 e. The molecule has 0 bridgehead atoms. The molecule has 2 heterocycles. The number of methoxy groups -OCH3 is 1. The number of nitrogens with zero attached hydrogens (tertiary/aromatic N) is 2. The number of carbonyl (C=O) groups is 1. The topological polar surface area (TPSA) is 94.6 Å². The maximum atomic E-state index is 11.5. The lowest BCUT2D eigenvalue weighted by molar-refractivity contribution is 0.0601. The number of esters is 1. The SMILES string of the molecule is COC(=O)c1ccc(Nc2nccc(NCc3ccc4c(c3)OCO4)n2)cc1. The zero-order valence-electron chi connectivity index (χ0n) is 15.1. The highest BCUT2D eigenvalue weighted by Gasteiger charge is 2.13. The van der Waals surface area contributed by atoms with Crippen molar-refractivity contribution < 1.29 is 19.0 Å². The van der Waals surface area contributed by atoms with Gasteiger partial charge in [-0.1, -0.05) is 6.07 Å². The smallest absolute Gasteiger partial charge is 0.337 e. The minimum Gasteiger partial charge on any atom is -0.465 e. The summed E-state index contributed by atoms with van der Waals surface area (Å²) in [7, 11) is 1.35. The standard InChI is InChI=1S/C20H18N4O4/c1-26-19(25)14-3-5-15(6-4-14)23-20-21-9-8-18(24-20)22-11-13-2-7-16-17(10-13)28-12-27-16/h2-10H,11-12H2,1H3,(H2,21,22,23,24). The zero-order valence-corrected chi connectivity index (χ0v) is 15.1. The first-order valence-electron chi connectivity index (χ1n) is 8.62. The summed E-state index contributed by atoms with van der Waals surface area (Å²) in [4.78, 5) is 20.2. The van der Waals surface area contributed by atoms with Crippen molar-refractivity contribution in [2.45, 2.75) is 6.54 Å². The molecule has 142 valence electrons. The van der Waals surface area contributed by atoms with Crippen molar-refractivity contribution in [3.8, 4) is 11.5 Å². The van der Waals surface area contributed by atoms with Gasteiger partial charge in [0.15, 0.2) is 11.5 Å². The van der Waals surface area contributed by atoms with Crippen LogP contribution in [0.15, 0.2) is 54.7 Å². The molecule has 0 spiro atoms. The molecule has 28 heavy (non-hydrogen) atoms. The number of aromatic nitrogens is 2. The molecule has 1 aliphatic heterocycles. The van der Waals surface area contributed by atoms with Gasteiger partial charge in [0.2, 0.25) is 12.7 Å². The predicted molar refractivity (Wildman–Crippen MR) is 103 cm³/mol. The van der Waals surface area contributed by atoms with E-state index in [1.807, 2.05) is 18.2 Å². The fourth-order valence-electron chi connectivity index (χ4n) is 2.70. The maximum Gasteiger partial charge on any atom is 0.337 e. The summed E-state index contributed by atoms with van der Waals surface area (Å²) in [5.41, 5.74) is 2.30. The van der Waals surface area contributed by atoms with Gasteiger partial charge in [-0.3, -0.25) is 0 Å². The number of benzene rings is 2. The highest BCUT2D eigenvalue weighted by Crippen LogP contribution is 2.32. The molecule has 1 aliphatic rings. The summed E-state index contributed by atoms with van der Waals surface area (Å²) in [6, 6.07) is 14.5. The van der Waals surface area contributed by atoms with E-state index in [0.29, 0.717) is 23.9 Å².